The molecule has 0 saturated heterocycles. The second-order valence-electron chi connectivity index (χ2n) is 6.27. The lowest BCUT2D eigenvalue weighted by atomic mass is 10.1. The molecule has 140 valence electrons. The van der Waals surface area contributed by atoms with E-state index in [1.807, 2.05) is 0 Å². The van der Waals surface area contributed by atoms with Crippen LogP contribution in [0.15, 0.2) is 70.4 Å². The van der Waals surface area contributed by atoms with Crippen LogP contribution in [0.25, 0.3) is 10.9 Å². The summed E-state index contributed by atoms with van der Waals surface area (Å²) in [5.74, 6) is -0.380. The lowest BCUT2D eigenvalue weighted by Gasteiger charge is -2.22. The Bertz CT molecular complexity index is 1140. The lowest BCUT2D eigenvalue weighted by molar-refractivity contribution is -0.130. The van der Waals surface area contributed by atoms with Crippen molar-refractivity contribution in [2.24, 2.45) is 0 Å². The number of nitrogens with zero attached hydrogens (tertiary/aromatic N) is 1. The number of nitrogens with one attached hydrogen (secondary N) is 2. The van der Waals surface area contributed by atoms with Crippen molar-refractivity contribution in [3.63, 3.8) is 0 Å². The van der Waals surface area contributed by atoms with Crippen molar-refractivity contribution in [2.45, 2.75) is 10.9 Å². The second kappa shape index (κ2) is 7.34. The van der Waals surface area contributed by atoms with Crippen molar-refractivity contribution in [3.05, 3.63) is 76.6 Å². The number of amides is 1. The first kappa shape index (κ1) is 18.8. The van der Waals surface area contributed by atoms with Crippen molar-refractivity contribution in [1.29, 1.82) is 0 Å². The van der Waals surface area contributed by atoms with E-state index in [4.69, 9.17) is 0 Å². The zero-order valence-electron chi connectivity index (χ0n) is 14.8. The van der Waals surface area contributed by atoms with Crippen molar-refractivity contribution in [1.82, 2.24) is 14.6 Å². The van der Waals surface area contributed by atoms with Crippen molar-refractivity contribution >= 4 is 26.8 Å². The number of hydrogen-bond donors (Lipinski definition) is 2. The van der Waals surface area contributed by atoms with E-state index < -0.39 is 16.1 Å². The number of aromatic amines is 1. The predicted octanol–water partition coefficient (Wildman–Crippen LogP) is 1.64. The largest absolute Gasteiger partial charge is 0.347 e. The van der Waals surface area contributed by atoms with E-state index in [0.717, 1.165) is 0 Å². The first-order valence-corrected chi connectivity index (χ1v) is 9.68. The number of sulfonamides is 1. The number of aromatic nitrogens is 1. The monoisotopic (exact) mass is 385 g/mol. The molecule has 0 radical (unpaired) electrons. The first-order chi connectivity index (χ1) is 12.8. The van der Waals surface area contributed by atoms with Crippen LogP contribution in [0.4, 0.5) is 0 Å². The average molecular weight is 385 g/mol. The quantitative estimate of drug-likeness (QED) is 0.697. The molecule has 0 saturated carbocycles. The predicted molar refractivity (Wildman–Crippen MR) is 103 cm³/mol. The SMILES string of the molecule is CN(C)C(=O)C(NS(=O)(=O)c1ccc2[nH]c(=O)ccc2c1)c1ccccc1. The Morgan fingerprint density at radius 2 is 1.74 bits per heavy atom. The molecule has 0 aliphatic heterocycles. The van der Waals surface area contributed by atoms with Gasteiger partial charge in [0.1, 0.15) is 6.04 Å². The Kier molecular flexibility index (Phi) is 5.11. The van der Waals surface area contributed by atoms with Crippen molar-refractivity contribution in [3.8, 4) is 0 Å². The number of H-pyrrole nitrogens is 1. The van der Waals surface area contributed by atoms with E-state index in [0.29, 0.717) is 16.5 Å². The summed E-state index contributed by atoms with van der Waals surface area (Å²) in [6, 6.07) is 14.9. The molecule has 3 rings (SSSR count). The summed E-state index contributed by atoms with van der Waals surface area (Å²) in [6.07, 6.45) is 0. The van der Waals surface area contributed by atoms with Gasteiger partial charge < -0.3 is 9.88 Å². The normalized spacial score (nSPS) is 12.7. The minimum atomic E-state index is -3.98. The Balaban J connectivity index is 2.01. The number of rotatable bonds is 5. The molecule has 0 bridgehead atoms. The van der Waals surface area contributed by atoms with Gasteiger partial charge in [0, 0.05) is 25.7 Å². The van der Waals surface area contributed by atoms with E-state index in [1.54, 1.807) is 50.5 Å². The Labute approximate surface area is 156 Å². The Morgan fingerprint density at radius 1 is 1.04 bits per heavy atom. The molecule has 27 heavy (non-hydrogen) atoms. The van der Waals surface area contributed by atoms with Crippen molar-refractivity contribution < 1.29 is 13.2 Å². The molecule has 3 aromatic rings. The number of likely N-dealkylation sites (N-methyl/N-ethyl adjacent to an activating group) is 1. The minimum absolute atomic E-state index is 0.00883. The van der Waals surface area contributed by atoms with E-state index in [9.17, 15) is 18.0 Å². The molecule has 1 aromatic heterocycles. The molecule has 1 unspecified atom stereocenters. The highest BCUT2D eigenvalue weighted by molar-refractivity contribution is 7.89. The maximum Gasteiger partial charge on any atom is 0.248 e. The first-order valence-electron chi connectivity index (χ1n) is 8.19. The van der Waals surface area contributed by atoms with Crippen LogP contribution in [0.3, 0.4) is 0 Å². The van der Waals surface area contributed by atoms with Crippen LogP contribution >= 0.6 is 0 Å². The number of fused-ring (bicyclic) bond motifs is 1. The average Bonchev–Trinajstić information content (AvgIpc) is 2.65. The fraction of sp³-hybridized carbons (Fsp3) is 0.158. The van der Waals surface area contributed by atoms with E-state index in [1.165, 1.54) is 29.2 Å². The number of carbonyl (C=O) groups is 1. The summed E-state index contributed by atoms with van der Waals surface area (Å²) in [7, 11) is -0.840. The number of hydrogen-bond acceptors (Lipinski definition) is 4. The molecular weight excluding hydrogens is 366 g/mol. The van der Waals surface area contributed by atoms with Gasteiger partial charge in [0.25, 0.3) is 0 Å². The summed E-state index contributed by atoms with van der Waals surface area (Å²) in [4.78, 5) is 27.9. The molecule has 0 fully saturated rings. The van der Waals surface area contributed by atoms with Gasteiger partial charge in [0.2, 0.25) is 21.5 Å². The molecule has 1 heterocycles. The standard InChI is InChI=1S/C19H19N3O4S/c1-22(2)19(24)18(13-6-4-3-5-7-13)21-27(25,26)15-9-10-16-14(12-15)8-11-17(23)20-16/h3-12,18,21H,1-2H3,(H,20,23). The third kappa shape index (κ3) is 4.07. The number of carbonyl (C=O) groups excluding carboxylic acids is 1. The smallest absolute Gasteiger partial charge is 0.248 e. The van der Waals surface area contributed by atoms with Crippen LogP contribution in [-0.4, -0.2) is 38.3 Å². The molecule has 1 atom stereocenters. The topological polar surface area (TPSA) is 99.3 Å². The second-order valence-corrected chi connectivity index (χ2v) is 7.98. The summed E-state index contributed by atoms with van der Waals surface area (Å²) >= 11 is 0. The molecule has 0 spiro atoms. The highest BCUT2D eigenvalue weighted by Gasteiger charge is 2.28. The van der Waals surface area contributed by atoms with Crippen LogP contribution in [0, 0.1) is 0 Å². The Morgan fingerprint density at radius 3 is 2.41 bits per heavy atom. The lowest BCUT2D eigenvalue weighted by Crippen LogP contribution is -2.39. The molecule has 7 nitrogen and oxygen atoms in total. The van der Waals surface area contributed by atoms with Crippen LogP contribution in [0.2, 0.25) is 0 Å². The van der Waals surface area contributed by atoms with Gasteiger partial charge in [0.15, 0.2) is 0 Å². The summed E-state index contributed by atoms with van der Waals surface area (Å²) in [5.41, 5.74) is 0.812. The molecule has 1 amide bonds. The number of benzene rings is 2. The van der Waals surface area contributed by atoms with Crippen LogP contribution in [-0.2, 0) is 14.8 Å². The van der Waals surface area contributed by atoms with Gasteiger partial charge in [0.05, 0.1) is 4.90 Å². The third-order valence-electron chi connectivity index (χ3n) is 4.10. The van der Waals surface area contributed by atoms with Crippen LogP contribution in [0.5, 0.6) is 0 Å². The van der Waals surface area contributed by atoms with Gasteiger partial charge in [-0.2, -0.15) is 4.72 Å². The Hall–Kier alpha value is -2.97. The summed E-state index contributed by atoms with van der Waals surface area (Å²) < 4.78 is 28.3. The minimum Gasteiger partial charge on any atom is -0.347 e. The van der Waals surface area contributed by atoms with E-state index >= 15 is 0 Å². The van der Waals surface area contributed by atoms with Crippen molar-refractivity contribution in [2.75, 3.05) is 14.1 Å². The summed E-state index contributed by atoms with van der Waals surface area (Å²) in [6.45, 7) is 0. The molecular formula is C19H19N3O4S. The molecule has 2 N–H and O–H groups in total. The highest BCUT2D eigenvalue weighted by atomic mass is 32.2. The molecule has 0 aliphatic carbocycles. The van der Waals surface area contributed by atoms with Crippen LogP contribution < -0.4 is 10.3 Å². The third-order valence-corrected chi connectivity index (χ3v) is 5.52. The van der Waals surface area contributed by atoms with Crippen LogP contribution in [0.1, 0.15) is 11.6 Å². The molecule has 2 aromatic carbocycles. The molecule has 8 heteroatoms. The maximum atomic E-state index is 12.9. The van der Waals surface area contributed by atoms with Gasteiger partial charge >= 0.3 is 0 Å². The number of pyridine rings is 1. The summed E-state index contributed by atoms with van der Waals surface area (Å²) in [5, 5.41) is 0.577. The van der Waals surface area contributed by atoms with Gasteiger partial charge in [-0.1, -0.05) is 30.3 Å². The highest BCUT2D eigenvalue weighted by Crippen LogP contribution is 2.21. The van der Waals surface area contributed by atoms with E-state index in [2.05, 4.69) is 9.71 Å². The fourth-order valence-electron chi connectivity index (χ4n) is 2.69. The molecule has 0 aliphatic rings. The van der Waals surface area contributed by atoms with Gasteiger partial charge in [-0.15, -0.1) is 0 Å². The van der Waals surface area contributed by atoms with Gasteiger partial charge in [-0.3, -0.25) is 9.59 Å². The van der Waals surface area contributed by atoms with E-state index in [-0.39, 0.29) is 16.4 Å². The zero-order valence-corrected chi connectivity index (χ0v) is 15.7. The van der Waals surface area contributed by atoms with Gasteiger partial charge in [-0.25, -0.2) is 8.42 Å². The fourth-order valence-corrected chi connectivity index (χ4v) is 3.90. The zero-order chi connectivity index (χ0) is 19.6. The maximum absolute atomic E-state index is 12.9. The van der Waals surface area contributed by atoms with Gasteiger partial charge in [-0.05, 0) is 35.2 Å².